The second-order valence-corrected chi connectivity index (χ2v) is 5.72. The lowest BCUT2D eigenvalue weighted by Crippen LogP contribution is -2.01. The van der Waals surface area contributed by atoms with Crippen molar-refractivity contribution in [1.82, 2.24) is 0 Å². The topological polar surface area (TPSA) is 17.1 Å². The van der Waals surface area contributed by atoms with Crippen molar-refractivity contribution in [3.8, 4) is 0 Å². The fourth-order valence-electron chi connectivity index (χ4n) is 1.17. The number of hydrogen-bond donors (Lipinski definition) is 0. The van der Waals surface area contributed by atoms with Crippen LogP contribution in [0.2, 0.25) is 5.02 Å². The Kier molecular flexibility index (Phi) is 5.20. The highest BCUT2D eigenvalue weighted by atomic mass is 35.5. The maximum atomic E-state index is 11.7. The quantitative estimate of drug-likeness (QED) is 0.725. The molecule has 0 spiro atoms. The Labute approximate surface area is 100 Å². The Balaban J connectivity index is 2.43. The lowest BCUT2D eigenvalue weighted by molar-refractivity contribution is 0.0989. The second kappa shape index (κ2) is 6.19. The van der Waals surface area contributed by atoms with Crippen molar-refractivity contribution in [3.05, 3.63) is 34.9 Å². The molecule has 0 aromatic heterocycles. The van der Waals surface area contributed by atoms with Crippen LogP contribution in [0.1, 0.15) is 30.6 Å². The van der Waals surface area contributed by atoms with Crippen LogP contribution in [0.3, 0.4) is 0 Å². The Hall–Kier alpha value is -0.470. The molecule has 0 saturated heterocycles. The van der Waals surface area contributed by atoms with Gasteiger partial charge in [-0.2, -0.15) is 11.8 Å². The number of hydrogen-bond acceptors (Lipinski definition) is 2. The number of Topliss-reactive ketones (excluding diaryl/α,β-unsaturated/α-hetero) is 1. The summed E-state index contributed by atoms with van der Waals surface area (Å²) in [5.41, 5.74) is 0.753. The van der Waals surface area contributed by atoms with Crippen LogP contribution in [0.4, 0.5) is 0 Å². The fourth-order valence-corrected chi connectivity index (χ4v) is 2.07. The van der Waals surface area contributed by atoms with E-state index < -0.39 is 0 Å². The Morgan fingerprint density at radius 3 is 2.47 bits per heavy atom. The molecule has 0 N–H and O–H groups in total. The van der Waals surface area contributed by atoms with E-state index in [1.54, 1.807) is 24.3 Å². The van der Waals surface area contributed by atoms with Crippen LogP contribution >= 0.6 is 23.4 Å². The van der Waals surface area contributed by atoms with Crippen LogP contribution in [0.25, 0.3) is 0 Å². The van der Waals surface area contributed by atoms with E-state index in [0.29, 0.717) is 16.7 Å². The lowest BCUT2D eigenvalue weighted by atomic mass is 10.1. The van der Waals surface area contributed by atoms with Crippen molar-refractivity contribution in [2.45, 2.75) is 25.5 Å². The first kappa shape index (κ1) is 12.6. The first-order valence-corrected chi connectivity index (χ1v) is 6.42. The van der Waals surface area contributed by atoms with Crippen molar-refractivity contribution < 1.29 is 4.79 Å². The summed E-state index contributed by atoms with van der Waals surface area (Å²) in [5, 5.41) is 1.26. The van der Waals surface area contributed by atoms with Gasteiger partial charge in [0.1, 0.15) is 0 Å². The second-order valence-electron chi connectivity index (χ2n) is 3.60. The van der Waals surface area contributed by atoms with E-state index in [2.05, 4.69) is 13.8 Å². The van der Waals surface area contributed by atoms with Crippen LogP contribution in [-0.2, 0) is 0 Å². The number of halogens is 1. The average Bonchev–Trinajstić information content (AvgIpc) is 2.18. The monoisotopic (exact) mass is 242 g/mol. The van der Waals surface area contributed by atoms with E-state index >= 15 is 0 Å². The molecule has 0 radical (unpaired) electrons. The van der Waals surface area contributed by atoms with Gasteiger partial charge in [-0.1, -0.05) is 25.4 Å². The van der Waals surface area contributed by atoms with Gasteiger partial charge >= 0.3 is 0 Å². The van der Waals surface area contributed by atoms with Crippen LogP contribution < -0.4 is 0 Å². The van der Waals surface area contributed by atoms with Gasteiger partial charge in [-0.3, -0.25) is 4.79 Å². The van der Waals surface area contributed by atoms with E-state index in [1.807, 2.05) is 11.8 Å². The normalized spacial score (nSPS) is 10.7. The number of ketones is 1. The van der Waals surface area contributed by atoms with E-state index in [9.17, 15) is 4.79 Å². The smallest absolute Gasteiger partial charge is 0.163 e. The molecule has 1 aromatic carbocycles. The molecule has 15 heavy (non-hydrogen) atoms. The molecule has 0 bridgehead atoms. The fraction of sp³-hybridized carbons (Fsp3) is 0.417. The molecule has 0 atom stereocenters. The van der Waals surface area contributed by atoms with Gasteiger partial charge in [0.25, 0.3) is 0 Å². The summed E-state index contributed by atoms with van der Waals surface area (Å²) >= 11 is 7.56. The molecular weight excluding hydrogens is 228 g/mol. The van der Waals surface area contributed by atoms with Crippen molar-refractivity contribution in [2.75, 3.05) is 5.75 Å². The largest absolute Gasteiger partial charge is 0.294 e. The van der Waals surface area contributed by atoms with E-state index in [4.69, 9.17) is 11.6 Å². The molecule has 0 fully saturated rings. The van der Waals surface area contributed by atoms with Gasteiger partial charge in [0.05, 0.1) is 0 Å². The van der Waals surface area contributed by atoms with Crippen LogP contribution in [0.15, 0.2) is 24.3 Å². The highest BCUT2D eigenvalue weighted by Crippen LogP contribution is 2.14. The molecule has 0 amide bonds. The summed E-state index contributed by atoms with van der Waals surface area (Å²) in [5.74, 6) is 1.08. The summed E-state index contributed by atoms with van der Waals surface area (Å²) < 4.78 is 0. The molecule has 0 aliphatic carbocycles. The minimum absolute atomic E-state index is 0.194. The molecule has 1 rings (SSSR count). The Bertz CT molecular complexity index is 319. The maximum Gasteiger partial charge on any atom is 0.163 e. The molecule has 1 aromatic rings. The van der Waals surface area contributed by atoms with Crippen LogP contribution in [-0.4, -0.2) is 16.8 Å². The third kappa shape index (κ3) is 4.72. The van der Waals surface area contributed by atoms with Gasteiger partial charge in [0, 0.05) is 22.8 Å². The van der Waals surface area contributed by atoms with Gasteiger partial charge in [-0.15, -0.1) is 0 Å². The lowest BCUT2D eigenvalue weighted by Gasteiger charge is -2.04. The van der Waals surface area contributed by atoms with Crippen molar-refractivity contribution in [3.63, 3.8) is 0 Å². The maximum absolute atomic E-state index is 11.7. The molecule has 0 aliphatic rings. The Morgan fingerprint density at radius 2 is 1.93 bits per heavy atom. The zero-order valence-corrected chi connectivity index (χ0v) is 10.6. The van der Waals surface area contributed by atoms with Gasteiger partial charge in [0.2, 0.25) is 0 Å². The molecule has 82 valence electrons. The average molecular weight is 243 g/mol. The minimum atomic E-state index is 0.194. The van der Waals surface area contributed by atoms with Gasteiger partial charge in [-0.25, -0.2) is 0 Å². The van der Waals surface area contributed by atoms with E-state index in [0.717, 1.165) is 11.3 Å². The molecule has 0 saturated carbocycles. The van der Waals surface area contributed by atoms with Crippen molar-refractivity contribution in [1.29, 1.82) is 0 Å². The van der Waals surface area contributed by atoms with Gasteiger partial charge in [-0.05, 0) is 29.5 Å². The first-order valence-electron chi connectivity index (χ1n) is 5.00. The van der Waals surface area contributed by atoms with Crippen molar-refractivity contribution in [2.24, 2.45) is 0 Å². The minimum Gasteiger partial charge on any atom is -0.294 e. The predicted molar refractivity (Wildman–Crippen MR) is 68.0 cm³/mol. The number of carbonyl (C=O) groups excluding carboxylic acids is 1. The van der Waals surface area contributed by atoms with Gasteiger partial charge in [0.15, 0.2) is 5.78 Å². The highest BCUT2D eigenvalue weighted by Gasteiger charge is 2.05. The number of rotatable bonds is 5. The zero-order valence-electron chi connectivity index (χ0n) is 9.00. The van der Waals surface area contributed by atoms with E-state index in [-0.39, 0.29) is 5.78 Å². The SMILES string of the molecule is CC(C)SCCC(=O)c1ccc(Cl)cc1. The Morgan fingerprint density at radius 1 is 1.33 bits per heavy atom. The zero-order chi connectivity index (χ0) is 11.3. The molecule has 3 heteroatoms. The molecular formula is C12H15ClOS. The molecule has 0 aliphatic heterocycles. The standard InChI is InChI=1S/C12H15ClOS/c1-9(2)15-8-7-12(14)10-3-5-11(13)6-4-10/h3-6,9H,7-8H2,1-2H3. The number of thioether (sulfide) groups is 1. The van der Waals surface area contributed by atoms with Crippen LogP contribution in [0, 0.1) is 0 Å². The molecule has 0 heterocycles. The summed E-state index contributed by atoms with van der Waals surface area (Å²) in [6.07, 6.45) is 0.602. The number of carbonyl (C=O) groups is 1. The molecule has 0 unspecified atom stereocenters. The highest BCUT2D eigenvalue weighted by molar-refractivity contribution is 7.99. The van der Waals surface area contributed by atoms with Gasteiger partial charge < -0.3 is 0 Å². The summed E-state index contributed by atoms with van der Waals surface area (Å²) in [7, 11) is 0. The third-order valence-corrected chi connectivity index (χ3v) is 3.30. The third-order valence-electron chi connectivity index (χ3n) is 1.95. The first-order chi connectivity index (χ1) is 7.09. The molecule has 1 nitrogen and oxygen atoms in total. The number of benzene rings is 1. The van der Waals surface area contributed by atoms with E-state index in [1.165, 1.54) is 0 Å². The summed E-state index contributed by atoms with van der Waals surface area (Å²) in [6.45, 7) is 4.27. The predicted octanol–water partition coefficient (Wildman–Crippen LogP) is 4.05. The van der Waals surface area contributed by atoms with Crippen molar-refractivity contribution >= 4 is 29.1 Å². The van der Waals surface area contributed by atoms with Crippen LogP contribution in [0.5, 0.6) is 0 Å². The summed E-state index contributed by atoms with van der Waals surface area (Å²) in [4.78, 5) is 11.7. The summed E-state index contributed by atoms with van der Waals surface area (Å²) in [6, 6.07) is 7.07.